The van der Waals surface area contributed by atoms with E-state index in [0.717, 1.165) is 64.0 Å². The molecule has 730 valence electrons. The Balaban J connectivity index is 0.000000138. The van der Waals surface area contributed by atoms with Gasteiger partial charge in [-0.2, -0.15) is 39.4 Å². The Bertz CT molecular complexity index is 7570. The number of nitro benzene ring substituents is 2. The van der Waals surface area contributed by atoms with Crippen LogP contribution in [0, 0.1) is 90.2 Å². The highest BCUT2D eigenvalue weighted by molar-refractivity contribution is 6.03. The topological polar surface area (TPSA) is 471 Å². The lowest BCUT2D eigenvalue weighted by atomic mass is 10.0. The largest absolute Gasteiger partial charge is 0.392 e. The minimum absolute atomic E-state index is 0.0430. The van der Waals surface area contributed by atoms with Crippen LogP contribution in [0.5, 0.6) is 0 Å². The molecule has 2 saturated heterocycles. The number of carbonyl (C=O) groups is 6. The maximum atomic E-state index is 14.6. The highest BCUT2D eigenvalue weighted by atomic mass is 19.2. The summed E-state index contributed by atoms with van der Waals surface area (Å²) in [5, 5.41) is 91.7. The predicted molar refractivity (Wildman–Crippen MR) is 514 cm³/mol. The number of benzene rings is 10. The first-order chi connectivity index (χ1) is 67.8. The van der Waals surface area contributed by atoms with Gasteiger partial charge < -0.3 is 42.1 Å². The third kappa shape index (κ3) is 25.3. The van der Waals surface area contributed by atoms with E-state index in [1.54, 1.807) is 115 Å². The Morgan fingerprint density at radius 3 is 1.18 bits per heavy atom. The number of aromatic nitrogens is 12. The molecule has 2 aliphatic heterocycles. The summed E-state index contributed by atoms with van der Waals surface area (Å²) < 4.78 is 137. The SMILES string of the molecule is CC(=O)N1C[C@H](O)C[C@H]1C(=O)Nc1cc2c(/C=C/c3ccc(F)cc3)n[nH]c2cc1F.CC(=O)n1ncc2cc([N+](=O)[O-])c(F)cc21.CC(C)C(N)C(=O)Nc1cc2c(/C=C/c3ccc(F)cc3)n[nH]c2cc1F.CN1C[C@H](O)C[C@H]1C(=O)Nc1cc2c(/C=C/c3ccc(F)cc3)n[nH]c2cc1F.O=C(CC1CC1)Nc1cc2c(/C=C/c3ccc(F)cc3)n[nH]c2cc1F.O=[N+]([O-])c1cc2cn[nH]c2cc1F. The van der Waals surface area contributed by atoms with Crippen LogP contribution in [-0.2, 0) is 24.0 Å². The van der Waals surface area contributed by atoms with Crippen LogP contribution in [0.15, 0.2) is 182 Å². The molecule has 1 saturated carbocycles. The van der Waals surface area contributed by atoms with Crippen molar-refractivity contribution in [2.75, 3.05) is 41.4 Å². The first-order valence-corrected chi connectivity index (χ1v) is 43.7. The van der Waals surface area contributed by atoms with Crippen molar-refractivity contribution in [1.82, 2.24) is 70.6 Å². The first-order valence-electron chi connectivity index (χ1n) is 43.7. The molecule has 5 atom stereocenters. The maximum absolute atomic E-state index is 14.6. The van der Waals surface area contributed by atoms with E-state index in [1.807, 2.05) is 13.8 Å². The molecule has 142 heavy (non-hydrogen) atoms. The fourth-order valence-electron chi connectivity index (χ4n) is 15.1. The first kappa shape index (κ1) is 101. The summed E-state index contributed by atoms with van der Waals surface area (Å²) in [6, 6.07) is 37.3. The molecule has 5 amide bonds. The molecule has 0 radical (unpaired) electrons. The third-order valence-electron chi connectivity index (χ3n) is 22.8. The Morgan fingerprint density at radius 1 is 0.451 bits per heavy atom. The Labute approximate surface area is 798 Å². The van der Waals surface area contributed by atoms with E-state index in [4.69, 9.17) is 5.73 Å². The number of nitrogens with zero attached hydrogens (tertiary/aromatic N) is 11. The van der Waals surface area contributed by atoms with Crippen molar-refractivity contribution < 1.29 is 92.7 Å². The summed E-state index contributed by atoms with van der Waals surface area (Å²) in [5.41, 5.74) is 12.9. The molecule has 33 nitrogen and oxygen atoms in total. The molecule has 19 rings (SSSR count). The van der Waals surface area contributed by atoms with Crippen LogP contribution < -0.4 is 27.0 Å². The minimum Gasteiger partial charge on any atom is -0.392 e. The fourth-order valence-corrected chi connectivity index (χ4v) is 15.1. The molecular formula is C99H87F10N21O12. The summed E-state index contributed by atoms with van der Waals surface area (Å²) in [6.07, 6.45) is 18.3. The number of nitro groups is 2. The molecular weight excluding hydrogens is 1870 g/mol. The number of anilines is 4. The molecule has 6 aromatic heterocycles. The predicted octanol–water partition coefficient (Wildman–Crippen LogP) is 18.0. The monoisotopic (exact) mass is 1950 g/mol. The van der Waals surface area contributed by atoms with Crippen LogP contribution in [0.2, 0.25) is 0 Å². The number of carbonyl (C=O) groups excluding carboxylic acids is 6. The number of amides is 5. The zero-order valence-electron chi connectivity index (χ0n) is 75.7. The van der Waals surface area contributed by atoms with Crippen LogP contribution >= 0.6 is 0 Å². The number of fused-ring (bicyclic) bond motifs is 6. The van der Waals surface area contributed by atoms with Gasteiger partial charge in [0.25, 0.3) is 0 Å². The van der Waals surface area contributed by atoms with Gasteiger partial charge in [-0.05, 0) is 158 Å². The number of hydrogen-bond donors (Lipinski definition) is 12. The zero-order chi connectivity index (χ0) is 102. The van der Waals surface area contributed by atoms with Crippen molar-refractivity contribution in [3.8, 4) is 0 Å². The number of halogens is 10. The second kappa shape index (κ2) is 44.6. The summed E-state index contributed by atoms with van der Waals surface area (Å²) in [6.45, 7) is 6.69. The average molecular weight is 1950 g/mol. The summed E-state index contributed by atoms with van der Waals surface area (Å²) in [4.78, 5) is 94.4. The van der Waals surface area contributed by atoms with Crippen LogP contribution in [0.4, 0.5) is 78.0 Å². The van der Waals surface area contributed by atoms with E-state index in [0.29, 0.717) is 108 Å². The number of aromatic amines is 5. The molecule has 3 fully saturated rings. The molecule has 8 heterocycles. The number of likely N-dealkylation sites (tertiary alicyclic amines) is 2. The highest BCUT2D eigenvalue weighted by Crippen LogP contribution is 2.36. The normalized spacial score (nSPS) is 15.4. The van der Waals surface area contributed by atoms with E-state index >= 15 is 0 Å². The van der Waals surface area contributed by atoms with E-state index in [9.17, 15) is 103 Å². The van der Waals surface area contributed by atoms with Crippen molar-refractivity contribution in [3.63, 3.8) is 0 Å². The van der Waals surface area contributed by atoms with Gasteiger partial charge in [-0.25, -0.2) is 39.8 Å². The number of nitrogens with two attached hydrogens (primary N) is 1. The number of rotatable bonds is 20. The Kier molecular flexibility index (Phi) is 31.7. The van der Waals surface area contributed by atoms with E-state index in [-0.39, 0.29) is 94.0 Å². The van der Waals surface area contributed by atoms with Crippen LogP contribution in [0.25, 0.3) is 114 Å². The number of H-pyrrole nitrogens is 5. The molecule has 0 bridgehead atoms. The molecule has 1 unspecified atom stereocenters. The summed E-state index contributed by atoms with van der Waals surface area (Å²) in [5.74, 6) is -7.34. The molecule has 3 aliphatic rings. The second-order valence-corrected chi connectivity index (χ2v) is 33.6. The lowest BCUT2D eigenvalue weighted by Crippen LogP contribution is -2.42. The number of aliphatic hydroxyl groups is 2. The van der Waals surface area contributed by atoms with E-state index in [1.165, 1.54) is 122 Å². The van der Waals surface area contributed by atoms with Crippen molar-refractivity contribution in [3.05, 3.63) is 306 Å². The van der Waals surface area contributed by atoms with Gasteiger partial charge >= 0.3 is 11.4 Å². The van der Waals surface area contributed by atoms with Crippen molar-refractivity contribution in [2.45, 2.75) is 90.1 Å². The minimum atomic E-state index is -0.986. The van der Waals surface area contributed by atoms with Crippen molar-refractivity contribution in [2.24, 2.45) is 17.6 Å². The van der Waals surface area contributed by atoms with Crippen LogP contribution in [0.1, 0.15) is 110 Å². The van der Waals surface area contributed by atoms with Gasteiger partial charge in [0.05, 0.1) is 125 Å². The molecule has 13 N–H and O–H groups in total. The second-order valence-electron chi connectivity index (χ2n) is 33.6. The lowest BCUT2D eigenvalue weighted by Gasteiger charge is -2.22. The Hall–Kier alpha value is -17.1. The van der Waals surface area contributed by atoms with Gasteiger partial charge in [0.15, 0.2) is 0 Å². The van der Waals surface area contributed by atoms with Gasteiger partial charge in [-0.15, -0.1) is 0 Å². The molecule has 16 aromatic rings. The number of nitrogens with one attached hydrogen (secondary N) is 9. The molecule has 1 aliphatic carbocycles. The smallest absolute Gasteiger partial charge is 0.305 e. The van der Waals surface area contributed by atoms with Crippen LogP contribution in [0.3, 0.4) is 0 Å². The van der Waals surface area contributed by atoms with E-state index < -0.39 is 98.3 Å². The van der Waals surface area contributed by atoms with Gasteiger partial charge in [-0.1, -0.05) is 86.7 Å². The standard InChI is InChI=1S/C22H20F2N4O3.C21H20F2N4O2.C20H20F2N4O.C20H17F2N3O.C9H6FN3O3.C7H4FN3O2/c1-12(29)28-11-15(30)8-21(28)22(31)25-20-9-16-18(26-27-19(16)10-17(20)24)7-4-13-2-5-14(23)6-3-13;1-27-11-14(28)8-20(27)21(29)24-19-9-15-17(25-26-18(15)10-16(19)23)7-4-12-2-5-13(22)6-3-12;1-11(2)19(23)20(27)24-18-9-14-16(25-26-17(14)10-15(18)22)8-5-12-3-6-13(21)7-4-12;21-14-6-3-12(4-7-14)5-8-17-15-10-19(16(22)11-18(15)25-24-17)23-20(26)9-13-1-2-13;1-5(14)12-8-3-7(10)9(13(15)16)2-6(8)4-11-12;8-5-2-6-4(3-9-10-6)1-7(5)11(12)13/h2-7,9-10,15,21,30H,8,11H2,1H3,(H,25,31)(H,26,27);2-7,9-10,14,20,28H,8,11H2,1H3,(H,24,29)(H,25,26);3-11,19H,23H2,1-2H3,(H,24,27)(H,25,26);3-8,10-11,13H,1-2,9H2,(H,23,26)(H,24,25);2-4H,1H3;1-3H,(H,9,10)/b2*7-4+;2*8-5+;;/t15-,21+;14-,20+;;;;/m11..../s1. The Morgan fingerprint density at radius 2 is 0.810 bits per heavy atom. The maximum Gasteiger partial charge on any atom is 0.305 e. The highest BCUT2D eigenvalue weighted by Gasteiger charge is 2.39. The summed E-state index contributed by atoms with van der Waals surface area (Å²) in [7, 11) is 1.74. The lowest BCUT2D eigenvalue weighted by molar-refractivity contribution is -0.387. The third-order valence-corrected chi connectivity index (χ3v) is 22.8. The molecule has 0 spiro atoms. The molecule has 43 heteroatoms. The molecule has 10 aromatic carbocycles. The van der Waals surface area contributed by atoms with E-state index in [2.05, 4.69) is 77.4 Å². The van der Waals surface area contributed by atoms with Crippen molar-refractivity contribution in [1.29, 1.82) is 0 Å². The van der Waals surface area contributed by atoms with Gasteiger partial charge in [0.2, 0.25) is 47.1 Å². The number of aliphatic hydroxyl groups excluding tert-OH is 2. The summed E-state index contributed by atoms with van der Waals surface area (Å²) >= 11 is 0. The fraction of sp³-hybridized carbons (Fsp3) is 0.192. The van der Waals surface area contributed by atoms with Gasteiger partial charge in [0.1, 0.15) is 52.6 Å². The van der Waals surface area contributed by atoms with Gasteiger partial charge in [-0.3, -0.25) is 79.4 Å². The number of β-amino-alcohol motifs (C(OH)–C–C–N with tert-alkyl or cyclic N) is 2. The van der Waals surface area contributed by atoms with Crippen LogP contribution in [-0.4, -0.2) is 177 Å². The zero-order valence-corrected chi connectivity index (χ0v) is 75.7. The van der Waals surface area contributed by atoms with Crippen molar-refractivity contribution >= 4 is 184 Å². The quantitative estimate of drug-likeness (QED) is 0.0191. The number of likely N-dealkylation sites (N-methyl/N-ethyl adjacent to an activating group) is 1. The number of hydrogen-bond acceptors (Lipinski definition) is 20. The van der Waals surface area contributed by atoms with Gasteiger partial charge in [0, 0.05) is 121 Å². The average Bonchev–Trinajstić information content (AvgIpc) is 1.65.